The quantitative estimate of drug-likeness (QED) is 0.705. The van der Waals surface area contributed by atoms with Crippen molar-refractivity contribution in [3.05, 3.63) is 0 Å². The van der Waals surface area contributed by atoms with E-state index in [-0.39, 0.29) is 31.7 Å². The zero-order valence-electron chi connectivity index (χ0n) is 9.82. The third-order valence-corrected chi connectivity index (χ3v) is 2.81. The number of hydrogen-bond acceptors (Lipinski definition) is 4. The molecule has 1 aliphatic rings. The van der Waals surface area contributed by atoms with E-state index in [0.717, 1.165) is 12.8 Å². The number of ether oxygens (including phenoxy) is 1. The lowest BCUT2D eigenvalue weighted by Gasteiger charge is -2.23. The van der Waals surface area contributed by atoms with E-state index in [2.05, 4.69) is 5.32 Å². The van der Waals surface area contributed by atoms with Gasteiger partial charge in [0.05, 0.1) is 6.61 Å². The van der Waals surface area contributed by atoms with Crippen molar-refractivity contribution in [1.82, 2.24) is 5.32 Å². The largest absolute Gasteiger partial charge is 0.479 e. The predicted octanol–water partition coefficient (Wildman–Crippen LogP) is 1.09. The number of carbonyl (C=O) groups excluding carboxylic acids is 2. The molecule has 0 aromatic heterocycles. The van der Waals surface area contributed by atoms with E-state index >= 15 is 0 Å². The molecule has 1 saturated carbocycles. The Kier molecular flexibility index (Phi) is 4.48. The highest BCUT2D eigenvalue weighted by molar-refractivity contribution is 5.95. The smallest absolute Gasteiger partial charge is 0.408 e. The van der Waals surface area contributed by atoms with Crippen molar-refractivity contribution in [3.8, 4) is 0 Å². The van der Waals surface area contributed by atoms with Crippen LogP contribution in [0.4, 0.5) is 4.79 Å². The first kappa shape index (κ1) is 13.5. The number of hydrogen-bond donors (Lipinski definition) is 2. The van der Waals surface area contributed by atoms with Crippen LogP contribution in [0.5, 0.6) is 0 Å². The van der Waals surface area contributed by atoms with E-state index in [0.29, 0.717) is 0 Å². The maximum Gasteiger partial charge on any atom is 0.408 e. The molecule has 0 bridgehead atoms. The van der Waals surface area contributed by atoms with Gasteiger partial charge in [0.15, 0.2) is 0 Å². The number of unbranched alkanes of at least 4 members (excludes halogenated alkanes) is 1. The average Bonchev–Trinajstić information content (AvgIpc) is 2.61. The van der Waals surface area contributed by atoms with Gasteiger partial charge in [0, 0.05) is 12.8 Å². The Morgan fingerprint density at radius 3 is 2.71 bits per heavy atom. The van der Waals surface area contributed by atoms with Crippen molar-refractivity contribution in [2.75, 3.05) is 6.61 Å². The predicted molar refractivity (Wildman–Crippen MR) is 58.6 cm³/mol. The second-order valence-corrected chi connectivity index (χ2v) is 4.22. The third-order valence-electron chi connectivity index (χ3n) is 2.81. The van der Waals surface area contributed by atoms with Gasteiger partial charge in [-0.05, 0) is 12.8 Å². The van der Waals surface area contributed by atoms with Gasteiger partial charge in [-0.1, -0.05) is 13.3 Å². The minimum Gasteiger partial charge on any atom is -0.479 e. The Balaban J connectivity index is 2.53. The molecule has 1 fully saturated rings. The van der Waals surface area contributed by atoms with Crippen LogP contribution in [0.15, 0.2) is 0 Å². The fourth-order valence-electron chi connectivity index (χ4n) is 1.75. The molecule has 6 heteroatoms. The van der Waals surface area contributed by atoms with Gasteiger partial charge in [-0.15, -0.1) is 0 Å². The molecule has 0 aliphatic heterocycles. The standard InChI is InChI=1S/C11H17NO5/c1-2-3-6-17-10(16)12-11(9(14)15)5-4-8(13)7-11/h2-7H2,1H3,(H,12,16)(H,14,15). The number of alkyl carbamates (subject to hydrolysis) is 1. The fourth-order valence-corrected chi connectivity index (χ4v) is 1.75. The van der Waals surface area contributed by atoms with Gasteiger partial charge in [0.1, 0.15) is 11.3 Å². The number of amides is 1. The van der Waals surface area contributed by atoms with E-state index in [9.17, 15) is 14.4 Å². The van der Waals surface area contributed by atoms with Crippen LogP contribution in [0.3, 0.4) is 0 Å². The molecule has 2 N–H and O–H groups in total. The molecule has 1 rings (SSSR count). The highest BCUT2D eigenvalue weighted by atomic mass is 16.5. The molecule has 1 unspecified atom stereocenters. The van der Waals surface area contributed by atoms with Crippen LogP contribution in [0, 0.1) is 0 Å². The lowest BCUT2D eigenvalue weighted by atomic mass is 9.98. The molecule has 0 heterocycles. The van der Waals surface area contributed by atoms with E-state index in [4.69, 9.17) is 9.84 Å². The summed E-state index contributed by atoms with van der Waals surface area (Å²) in [7, 11) is 0. The number of carbonyl (C=O) groups is 3. The van der Waals surface area contributed by atoms with Crippen LogP contribution in [-0.4, -0.2) is 35.1 Å². The fraction of sp³-hybridized carbons (Fsp3) is 0.727. The van der Waals surface area contributed by atoms with Gasteiger partial charge in [0.2, 0.25) is 0 Å². The summed E-state index contributed by atoms with van der Waals surface area (Å²) in [5, 5.41) is 11.4. The van der Waals surface area contributed by atoms with Gasteiger partial charge >= 0.3 is 12.1 Å². The van der Waals surface area contributed by atoms with Gasteiger partial charge in [0.25, 0.3) is 0 Å². The number of ketones is 1. The molecule has 0 aromatic rings. The molecular formula is C11H17NO5. The first-order valence-electron chi connectivity index (χ1n) is 5.70. The Hall–Kier alpha value is -1.59. The number of nitrogens with one attached hydrogen (secondary N) is 1. The summed E-state index contributed by atoms with van der Waals surface area (Å²) >= 11 is 0. The molecule has 6 nitrogen and oxygen atoms in total. The topological polar surface area (TPSA) is 92.7 Å². The van der Waals surface area contributed by atoms with Crippen molar-refractivity contribution in [2.24, 2.45) is 0 Å². The number of Topliss-reactive ketones (excluding diaryl/α,β-unsaturated/α-hetero) is 1. The summed E-state index contributed by atoms with van der Waals surface area (Å²) in [6.45, 7) is 2.21. The molecule has 17 heavy (non-hydrogen) atoms. The molecular weight excluding hydrogens is 226 g/mol. The Morgan fingerprint density at radius 1 is 1.53 bits per heavy atom. The maximum atomic E-state index is 11.4. The van der Waals surface area contributed by atoms with Gasteiger partial charge in [-0.25, -0.2) is 9.59 Å². The number of aliphatic carboxylic acids is 1. The average molecular weight is 243 g/mol. The first-order valence-corrected chi connectivity index (χ1v) is 5.70. The molecule has 0 saturated heterocycles. The van der Waals surface area contributed by atoms with Crippen LogP contribution < -0.4 is 5.32 Å². The van der Waals surface area contributed by atoms with Gasteiger partial charge in [-0.2, -0.15) is 0 Å². The Bertz CT molecular complexity index is 328. The molecule has 96 valence electrons. The van der Waals surface area contributed by atoms with Crippen LogP contribution in [-0.2, 0) is 14.3 Å². The zero-order chi connectivity index (χ0) is 12.9. The molecule has 1 atom stereocenters. The van der Waals surface area contributed by atoms with Crippen molar-refractivity contribution >= 4 is 17.8 Å². The van der Waals surface area contributed by atoms with Crippen molar-refractivity contribution in [3.63, 3.8) is 0 Å². The Morgan fingerprint density at radius 2 is 2.24 bits per heavy atom. The summed E-state index contributed by atoms with van der Waals surface area (Å²) in [5.41, 5.74) is -1.47. The Labute approximate surface area is 99.3 Å². The van der Waals surface area contributed by atoms with Crippen LogP contribution in [0.1, 0.15) is 39.0 Å². The lowest BCUT2D eigenvalue weighted by molar-refractivity contribution is -0.145. The summed E-state index contributed by atoms with van der Waals surface area (Å²) in [4.78, 5) is 33.6. The second-order valence-electron chi connectivity index (χ2n) is 4.22. The number of carboxylic acids is 1. The van der Waals surface area contributed by atoms with Crippen LogP contribution in [0.25, 0.3) is 0 Å². The molecule has 0 spiro atoms. The molecule has 1 amide bonds. The lowest BCUT2D eigenvalue weighted by Crippen LogP contribution is -2.53. The summed E-state index contributed by atoms with van der Waals surface area (Å²) in [6.07, 6.45) is 0.995. The molecule has 1 aliphatic carbocycles. The van der Waals surface area contributed by atoms with Gasteiger partial charge < -0.3 is 15.2 Å². The minimum absolute atomic E-state index is 0.129. The van der Waals surface area contributed by atoms with Crippen molar-refractivity contribution in [1.29, 1.82) is 0 Å². The van der Waals surface area contributed by atoms with E-state index in [1.165, 1.54) is 0 Å². The molecule has 0 aromatic carbocycles. The summed E-state index contributed by atoms with van der Waals surface area (Å²) in [6, 6.07) is 0. The highest BCUT2D eigenvalue weighted by Gasteiger charge is 2.46. The van der Waals surface area contributed by atoms with E-state index in [1.807, 2.05) is 6.92 Å². The summed E-state index contributed by atoms with van der Waals surface area (Å²) < 4.78 is 4.83. The number of rotatable bonds is 5. The minimum atomic E-state index is -1.47. The van der Waals surface area contributed by atoms with E-state index in [1.54, 1.807) is 0 Å². The molecule has 0 radical (unpaired) electrons. The van der Waals surface area contributed by atoms with Crippen molar-refractivity contribution < 1.29 is 24.2 Å². The van der Waals surface area contributed by atoms with Crippen LogP contribution in [0.2, 0.25) is 0 Å². The van der Waals surface area contributed by atoms with Crippen molar-refractivity contribution in [2.45, 2.75) is 44.6 Å². The number of carboxylic acid groups (broad SMARTS) is 1. The SMILES string of the molecule is CCCCOC(=O)NC1(C(=O)O)CCC(=O)C1. The highest BCUT2D eigenvalue weighted by Crippen LogP contribution is 2.27. The van der Waals surface area contributed by atoms with Crippen LogP contribution >= 0.6 is 0 Å². The zero-order valence-corrected chi connectivity index (χ0v) is 9.82. The van der Waals surface area contributed by atoms with Gasteiger partial charge in [-0.3, -0.25) is 4.79 Å². The monoisotopic (exact) mass is 243 g/mol. The first-order chi connectivity index (χ1) is 8.00. The second kappa shape index (κ2) is 5.65. The summed E-state index contributed by atoms with van der Waals surface area (Å²) in [5.74, 6) is -1.34. The normalized spacial score (nSPS) is 23.5. The maximum absolute atomic E-state index is 11.4. The third kappa shape index (κ3) is 3.44. The van der Waals surface area contributed by atoms with E-state index < -0.39 is 17.6 Å².